The molecule has 1 aliphatic rings. The Morgan fingerprint density at radius 2 is 2.00 bits per heavy atom. The second-order valence-corrected chi connectivity index (χ2v) is 8.87. The van der Waals surface area contributed by atoms with Gasteiger partial charge in [0.2, 0.25) is 5.91 Å². The Morgan fingerprint density at radius 3 is 2.81 bits per heavy atom. The molecule has 13 nitrogen and oxygen atoms in total. The van der Waals surface area contributed by atoms with Crippen LogP contribution in [-0.4, -0.2) is 89.4 Å². The number of aromatic nitrogens is 5. The van der Waals surface area contributed by atoms with E-state index in [0.29, 0.717) is 17.0 Å². The number of benzene rings is 1. The van der Waals surface area contributed by atoms with Crippen molar-refractivity contribution in [2.24, 2.45) is 5.73 Å². The molecule has 0 saturated carbocycles. The van der Waals surface area contributed by atoms with E-state index in [1.807, 2.05) is 37.4 Å². The number of carbonyl (C=O) groups is 1. The van der Waals surface area contributed by atoms with Gasteiger partial charge in [-0.15, -0.1) is 0 Å². The van der Waals surface area contributed by atoms with Crippen molar-refractivity contribution in [1.29, 1.82) is 0 Å². The summed E-state index contributed by atoms with van der Waals surface area (Å²) in [5, 5.41) is 38.1. The van der Waals surface area contributed by atoms with Gasteiger partial charge < -0.3 is 46.4 Å². The van der Waals surface area contributed by atoms with E-state index in [9.17, 15) is 20.1 Å². The van der Waals surface area contributed by atoms with Crippen LogP contribution in [0, 0.1) is 0 Å². The summed E-state index contributed by atoms with van der Waals surface area (Å²) in [5.74, 6) is -0.612. The maximum Gasteiger partial charge on any atom is 0.237 e. The molecule has 1 amide bonds. The fraction of sp³-hybridized carbons (Fsp3) is 0.391. The van der Waals surface area contributed by atoms with E-state index >= 15 is 0 Å². The highest BCUT2D eigenvalue weighted by molar-refractivity contribution is 5.87. The Bertz CT molecular complexity index is 1360. The van der Waals surface area contributed by atoms with Crippen molar-refractivity contribution in [3.05, 3.63) is 48.7 Å². The van der Waals surface area contributed by atoms with Crippen molar-refractivity contribution in [1.82, 2.24) is 30.2 Å². The zero-order valence-electron chi connectivity index (χ0n) is 19.4. The molecule has 9 N–H and O–H groups in total. The highest BCUT2D eigenvalue weighted by Gasteiger charge is 2.46. The highest BCUT2D eigenvalue weighted by atomic mass is 16.5. The first-order valence-corrected chi connectivity index (χ1v) is 11.5. The van der Waals surface area contributed by atoms with Crippen molar-refractivity contribution < 1.29 is 24.9 Å². The van der Waals surface area contributed by atoms with Crippen LogP contribution in [-0.2, 0) is 9.53 Å². The van der Waals surface area contributed by atoms with Crippen molar-refractivity contribution in [2.75, 3.05) is 11.9 Å². The second-order valence-electron chi connectivity index (χ2n) is 8.87. The largest absolute Gasteiger partial charge is 0.394 e. The van der Waals surface area contributed by atoms with Crippen LogP contribution in [0.15, 0.2) is 43.1 Å². The minimum absolute atomic E-state index is 0.294. The van der Waals surface area contributed by atoms with Crippen molar-refractivity contribution in [2.45, 2.75) is 49.5 Å². The first-order valence-electron chi connectivity index (χ1n) is 11.5. The van der Waals surface area contributed by atoms with Gasteiger partial charge in [-0.25, -0.2) is 15.0 Å². The molecule has 36 heavy (non-hydrogen) atoms. The first-order chi connectivity index (χ1) is 17.4. The summed E-state index contributed by atoms with van der Waals surface area (Å²) in [6, 6.07) is 5.64. The van der Waals surface area contributed by atoms with Crippen molar-refractivity contribution in [3.8, 4) is 0 Å². The molecule has 4 heterocycles. The molecule has 5 rings (SSSR count). The fourth-order valence-corrected chi connectivity index (χ4v) is 4.58. The summed E-state index contributed by atoms with van der Waals surface area (Å²) in [4.78, 5) is 31.3. The van der Waals surface area contributed by atoms with E-state index in [1.165, 1.54) is 12.7 Å². The van der Waals surface area contributed by atoms with E-state index in [4.69, 9.17) is 10.5 Å². The van der Waals surface area contributed by atoms with E-state index in [-0.39, 0.29) is 5.92 Å². The predicted octanol–water partition coefficient (Wildman–Crippen LogP) is -0.699. The van der Waals surface area contributed by atoms with Gasteiger partial charge in [0, 0.05) is 23.0 Å². The molecule has 7 atom stereocenters. The van der Waals surface area contributed by atoms with Gasteiger partial charge >= 0.3 is 0 Å². The van der Waals surface area contributed by atoms with Crippen LogP contribution < -0.4 is 16.4 Å². The molecule has 190 valence electrons. The van der Waals surface area contributed by atoms with Gasteiger partial charge in [0.05, 0.1) is 25.0 Å². The fourth-order valence-electron chi connectivity index (χ4n) is 4.58. The van der Waals surface area contributed by atoms with Crippen LogP contribution in [0.5, 0.6) is 0 Å². The molecule has 0 radical (unpaired) electrons. The predicted molar refractivity (Wildman–Crippen MR) is 130 cm³/mol. The smallest absolute Gasteiger partial charge is 0.237 e. The van der Waals surface area contributed by atoms with Crippen LogP contribution >= 0.6 is 0 Å². The minimum Gasteiger partial charge on any atom is -0.394 e. The molecule has 1 aliphatic heterocycles. The Morgan fingerprint density at radius 1 is 1.19 bits per heavy atom. The van der Waals surface area contributed by atoms with E-state index < -0.39 is 49.1 Å². The molecule has 1 saturated heterocycles. The summed E-state index contributed by atoms with van der Waals surface area (Å²) in [5.41, 5.74) is 8.99. The number of hydrogen-bond donors (Lipinski definition) is 8. The van der Waals surface area contributed by atoms with Gasteiger partial charge in [0.15, 0.2) is 17.7 Å². The van der Waals surface area contributed by atoms with Crippen LogP contribution in [0.1, 0.15) is 18.4 Å². The Hall–Kier alpha value is -3.62. The van der Waals surface area contributed by atoms with Gasteiger partial charge in [0.1, 0.15) is 30.2 Å². The average molecular weight is 497 g/mol. The van der Waals surface area contributed by atoms with E-state index in [2.05, 4.69) is 35.6 Å². The van der Waals surface area contributed by atoms with Gasteiger partial charge in [-0.05, 0) is 11.6 Å². The van der Waals surface area contributed by atoms with Crippen molar-refractivity contribution in [3.63, 3.8) is 0 Å². The topological polar surface area (TPSA) is 207 Å². The molecular weight excluding hydrogens is 468 g/mol. The maximum absolute atomic E-state index is 13.1. The number of aromatic amines is 2. The van der Waals surface area contributed by atoms with Crippen LogP contribution in [0.3, 0.4) is 0 Å². The van der Waals surface area contributed by atoms with E-state index in [0.717, 1.165) is 16.5 Å². The van der Waals surface area contributed by atoms with Gasteiger partial charge in [-0.3, -0.25) is 4.79 Å². The summed E-state index contributed by atoms with van der Waals surface area (Å²) in [7, 11) is 0. The zero-order valence-corrected chi connectivity index (χ0v) is 19.4. The molecule has 1 aromatic carbocycles. The Labute approximate surface area is 205 Å². The summed E-state index contributed by atoms with van der Waals surface area (Å²) < 4.78 is 5.80. The van der Waals surface area contributed by atoms with Gasteiger partial charge in [-0.1, -0.05) is 25.1 Å². The lowest BCUT2D eigenvalue weighted by Crippen LogP contribution is -2.67. The molecule has 13 heteroatoms. The molecule has 0 bridgehead atoms. The molecule has 1 unspecified atom stereocenters. The molecule has 3 aromatic heterocycles. The Balaban J connectivity index is 1.29. The number of nitrogens with two attached hydrogens (primary N) is 1. The lowest BCUT2D eigenvalue weighted by Gasteiger charge is -2.43. The lowest BCUT2D eigenvalue weighted by atomic mass is 9.91. The lowest BCUT2D eigenvalue weighted by molar-refractivity contribution is -0.185. The normalized spacial score (nSPS) is 26.1. The third kappa shape index (κ3) is 4.27. The standard InChI is InChI=1S/C23H28N8O5/c1-10(12-6-25-13-5-3-2-4-11(12)13)15(24)22(35)30-16-14(7-32)36-23(19(34)18(16)33)31-21-17-20(27-8-26-17)28-9-29-21/h2-6,8-10,14-16,18-19,23,25,32-34H,7,24H2,1H3,(H,30,35)(H2,26,27,28,29,31)/t10-,14+,15+,16?,18-,19+,23+/m1/s1. The van der Waals surface area contributed by atoms with Gasteiger partial charge in [0.25, 0.3) is 0 Å². The number of anilines is 1. The maximum atomic E-state index is 13.1. The molecular formula is C23H28N8O5. The van der Waals surface area contributed by atoms with Crippen LogP contribution in [0.4, 0.5) is 5.82 Å². The number of nitrogens with one attached hydrogen (secondary N) is 4. The summed E-state index contributed by atoms with van der Waals surface area (Å²) in [6.45, 7) is 1.31. The SMILES string of the molecule is C[C@H](c1c[nH]c2ccccc12)[C@H](N)C(=O)NC1[C@H](CO)O[C@H](Nc2ncnc3nc[nH]c23)[C@@H](O)[C@@H]1O. The van der Waals surface area contributed by atoms with Gasteiger partial charge in [-0.2, -0.15) is 0 Å². The number of ether oxygens (including phenoxy) is 1. The number of carbonyl (C=O) groups excluding carboxylic acids is 1. The monoisotopic (exact) mass is 496 g/mol. The third-order valence-electron chi connectivity index (χ3n) is 6.69. The molecule has 0 spiro atoms. The number of H-pyrrole nitrogens is 2. The molecule has 0 aliphatic carbocycles. The molecule has 1 fully saturated rings. The number of hydrogen-bond acceptors (Lipinski definition) is 10. The molecule has 4 aromatic rings. The van der Waals surface area contributed by atoms with Crippen LogP contribution in [0.2, 0.25) is 0 Å². The van der Waals surface area contributed by atoms with E-state index in [1.54, 1.807) is 0 Å². The van der Waals surface area contributed by atoms with Crippen molar-refractivity contribution >= 4 is 33.8 Å². The quantitative estimate of drug-likeness (QED) is 0.161. The third-order valence-corrected chi connectivity index (χ3v) is 6.69. The number of imidazole rings is 1. The summed E-state index contributed by atoms with van der Waals surface area (Å²) >= 11 is 0. The number of rotatable bonds is 7. The zero-order chi connectivity index (χ0) is 25.4. The number of para-hydroxylation sites is 1. The summed E-state index contributed by atoms with van der Waals surface area (Å²) in [6.07, 6.45) is -0.535. The number of aliphatic hydroxyl groups is 3. The number of fused-ring (bicyclic) bond motifs is 2. The number of amides is 1. The van der Waals surface area contributed by atoms with Crippen LogP contribution in [0.25, 0.3) is 22.1 Å². The number of nitrogens with zero attached hydrogens (tertiary/aromatic N) is 3. The minimum atomic E-state index is -1.47. The average Bonchev–Trinajstić information content (AvgIpc) is 3.55. The highest BCUT2D eigenvalue weighted by Crippen LogP contribution is 2.28. The Kier molecular flexibility index (Phi) is 6.55. The second kappa shape index (κ2) is 9.79. The number of aliphatic hydroxyl groups excluding tert-OH is 3. The first kappa shape index (κ1) is 24.1.